The standard InChI is InChI=1S/C14H21N/c1-4-5-10-6-7-12-11(8-10)13(15)9-14(12,2)3/h6-8,13H,4-5,9,15H2,1-3H3/t13-/m1/s1. The van der Waals surface area contributed by atoms with Gasteiger partial charge in [0.2, 0.25) is 0 Å². The Hall–Kier alpha value is -0.820. The maximum atomic E-state index is 6.19. The first-order valence-corrected chi connectivity index (χ1v) is 5.93. The Kier molecular flexibility index (Phi) is 2.59. The van der Waals surface area contributed by atoms with Gasteiger partial charge in [0.1, 0.15) is 0 Å². The fourth-order valence-corrected chi connectivity index (χ4v) is 2.75. The molecule has 0 radical (unpaired) electrons. The molecule has 15 heavy (non-hydrogen) atoms. The lowest BCUT2D eigenvalue weighted by Crippen LogP contribution is -2.14. The van der Waals surface area contributed by atoms with Crippen molar-refractivity contribution in [3.05, 3.63) is 34.9 Å². The summed E-state index contributed by atoms with van der Waals surface area (Å²) in [5, 5.41) is 0. The zero-order chi connectivity index (χ0) is 11.1. The molecule has 1 aliphatic carbocycles. The van der Waals surface area contributed by atoms with Gasteiger partial charge >= 0.3 is 0 Å². The highest BCUT2D eigenvalue weighted by atomic mass is 14.7. The Morgan fingerprint density at radius 2 is 2.13 bits per heavy atom. The van der Waals surface area contributed by atoms with Crippen molar-refractivity contribution in [2.24, 2.45) is 5.73 Å². The summed E-state index contributed by atoms with van der Waals surface area (Å²) in [5.74, 6) is 0. The monoisotopic (exact) mass is 203 g/mol. The molecule has 0 aliphatic heterocycles. The van der Waals surface area contributed by atoms with Crippen LogP contribution in [-0.4, -0.2) is 0 Å². The number of aryl methyl sites for hydroxylation is 1. The molecule has 0 amide bonds. The lowest BCUT2D eigenvalue weighted by Gasteiger charge is -2.18. The van der Waals surface area contributed by atoms with E-state index in [1.807, 2.05) is 0 Å². The highest BCUT2D eigenvalue weighted by Gasteiger charge is 2.34. The molecule has 0 saturated carbocycles. The Bertz CT molecular complexity index is 366. The van der Waals surface area contributed by atoms with Gasteiger partial charge in [-0.2, -0.15) is 0 Å². The van der Waals surface area contributed by atoms with Crippen LogP contribution >= 0.6 is 0 Å². The molecule has 1 aliphatic rings. The van der Waals surface area contributed by atoms with Crippen LogP contribution in [0, 0.1) is 0 Å². The van der Waals surface area contributed by atoms with Crippen molar-refractivity contribution in [3.8, 4) is 0 Å². The molecule has 2 rings (SSSR count). The minimum Gasteiger partial charge on any atom is -0.324 e. The first-order valence-electron chi connectivity index (χ1n) is 5.93. The molecule has 0 fully saturated rings. The van der Waals surface area contributed by atoms with Crippen LogP contribution in [0.15, 0.2) is 18.2 Å². The summed E-state index contributed by atoms with van der Waals surface area (Å²) in [6.07, 6.45) is 3.45. The van der Waals surface area contributed by atoms with Gasteiger partial charge in [0, 0.05) is 6.04 Å². The lowest BCUT2D eigenvalue weighted by atomic mass is 9.86. The highest BCUT2D eigenvalue weighted by molar-refractivity contribution is 5.43. The summed E-state index contributed by atoms with van der Waals surface area (Å²) in [4.78, 5) is 0. The zero-order valence-corrected chi connectivity index (χ0v) is 10.0. The van der Waals surface area contributed by atoms with E-state index in [1.54, 1.807) is 0 Å². The topological polar surface area (TPSA) is 26.0 Å². The third-order valence-corrected chi connectivity index (χ3v) is 3.51. The third-order valence-electron chi connectivity index (χ3n) is 3.51. The van der Waals surface area contributed by atoms with Crippen LogP contribution in [-0.2, 0) is 11.8 Å². The number of fused-ring (bicyclic) bond motifs is 1. The predicted molar refractivity (Wildman–Crippen MR) is 65.0 cm³/mol. The number of nitrogens with two attached hydrogens (primary N) is 1. The van der Waals surface area contributed by atoms with Gasteiger partial charge in [0.15, 0.2) is 0 Å². The Balaban J connectivity index is 2.41. The van der Waals surface area contributed by atoms with Gasteiger partial charge in [-0.15, -0.1) is 0 Å². The van der Waals surface area contributed by atoms with Gasteiger partial charge < -0.3 is 5.73 Å². The zero-order valence-electron chi connectivity index (χ0n) is 10.0. The summed E-state index contributed by atoms with van der Waals surface area (Å²) in [7, 11) is 0. The van der Waals surface area contributed by atoms with Crippen LogP contribution < -0.4 is 5.73 Å². The van der Waals surface area contributed by atoms with E-state index >= 15 is 0 Å². The average molecular weight is 203 g/mol. The maximum Gasteiger partial charge on any atom is 0.0306 e. The number of hydrogen-bond acceptors (Lipinski definition) is 1. The molecule has 0 heterocycles. The molecule has 0 aromatic heterocycles. The van der Waals surface area contributed by atoms with E-state index in [0.29, 0.717) is 0 Å². The van der Waals surface area contributed by atoms with Crippen molar-refractivity contribution in [2.45, 2.75) is 51.5 Å². The van der Waals surface area contributed by atoms with Crippen LogP contribution in [0.2, 0.25) is 0 Å². The normalized spacial score (nSPS) is 22.8. The summed E-state index contributed by atoms with van der Waals surface area (Å²) in [5.41, 5.74) is 10.7. The summed E-state index contributed by atoms with van der Waals surface area (Å²) in [6.45, 7) is 6.80. The molecule has 0 unspecified atom stereocenters. The summed E-state index contributed by atoms with van der Waals surface area (Å²) in [6, 6.07) is 7.11. The van der Waals surface area contributed by atoms with Gasteiger partial charge in [-0.3, -0.25) is 0 Å². The van der Waals surface area contributed by atoms with Gasteiger partial charge in [-0.05, 0) is 34.9 Å². The van der Waals surface area contributed by atoms with Crippen molar-refractivity contribution in [1.29, 1.82) is 0 Å². The van der Waals surface area contributed by atoms with E-state index in [9.17, 15) is 0 Å². The molecule has 1 heteroatoms. The summed E-state index contributed by atoms with van der Waals surface area (Å²) < 4.78 is 0. The van der Waals surface area contributed by atoms with Gasteiger partial charge in [-0.25, -0.2) is 0 Å². The Labute approximate surface area is 92.7 Å². The van der Waals surface area contributed by atoms with Gasteiger partial charge in [0.25, 0.3) is 0 Å². The second-order valence-corrected chi connectivity index (χ2v) is 5.37. The van der Waals surface area contributed by atoms with Crippen LogP contribution in [0.1, 0.15) is 56.3 Å². The van der Waals surface area contributed by atoms with E-state index < -0.39 is 0 Å². The number of benzene rings is 1. The smallest absolute Gasteiger partial charge is 0.0306 e. The minimum absolute atomic E-state index is 0.242. The third kappa shape index (κ3) is 1.81. The fraction of sp³-hybridized carbons (Fsp3) is 0.571. The number of rotatable bonds is 2. The SMILES string of the molecule is CCCc1ccc2c(c1)[C@H](N)CC2(C)C. The molecule has 0 saturated heterocycles. The number of hydrogen-bond donors (Lipinski definition) is 1. The van der Waals surface area contributed by atoms with Crippen LogP contribution in [0.25, 0.3) is 0 Å². The molecule has 1 nitrogen and oxygen atoms in total. The van der Waals surface area contributed by atoms with Crippen molar-refractivity contribution in [2.75, 3.05) is 0 Å². The second-order valence-electron chi connectivity index (χ2n) is 5.37. The Morgan fingerprint density at radius 3 is 2.80 bits per heavy atom. The molecule has 1 atom stereocenters. The first kappa shape index (κ1) is 10.7. The maximum absolute atomic E-state index is 6.19. The van der Waals surface area contributed by atoms with Crippen molar-refractivity contribution in [3.63, 3.8) is 0 Å². The molecule has 82 valence electrons. The quantitative estimate of drug-likeness (QED) is 0.784. The van der Waals surface area contributed by atoms with E-state index in [1.165, 1.54) is 29.5 Å². The summed E-state index contributed by atoms with van der Waals surface area (Å²) >= 11 is 0. The van der Waals surface area contributed by atoms with E-state index in [4.69, 9.17) is 5.73 Å². The molecule has 0 bridgehead atoms. The van der Waals surface area contributed by atoms with Crippen LogP contribution in [0.4, 0.5) is 0 Å². The van der Waals surface area contributed by atoms with Crippen molar-refractivity contribution >= 4 is 0 Å². The largest absolute Gasteiger partial charge is 0.324 e. The molecular formula is C14H21N. The average Bonchev–Trinajstić information content (AvgIpc) is 2.38. The lowest BCUT2D eigenvalue weighted by molar-refractivity contribution is 0.481. The van der Waals surface area contributed by atoms with Crippen molar-refractivity contribution in [1.82, 2.24) is 0 Å². The van der Waals surface area contributed by atoms with E-state index in [0.717, 1.165) is 6.42 Å². The highest BCUT2D eigenvalue weighted by Crippen LogP contribution is 2.43. The predicted octanol–water partition coefficient (Wildman–Crippen LogP) is 3.32. The van der Waals surface area contributed by atoms with Gasteiger partial charge in [0.05, 0.1) is 0 Å². The molecule has 1 aromatic rings. The Morgan fingerprint density at radius 1 is 1.40 bits per heavy atom. The van der Waals surface area contributed by atoms with Gasteiger partial charge in [-0.1, -0.05) is 45.4 Å². The minimum atomic E-state index is 0.242. The molecule has 0 spiro atoms. The van der Waals surface area contributed by atoms with Crippen molar-refractivity contribution < 1.29 is 0 Å². The van der Waals surface area contributed by atoms with Crippen LogP contribution in [0.5, 0.6) is 0 Å². The molecule has 2 N–H and O–H groups in total. The molecule has 1 aromatic carbocycles. The van der Waals surface area contributed by atoms with E-state index in [2.05, 4.69) is 39.0 Å². The van der Waals surface area contributed by atoms with Crippen LogP contribution in [0.3, 0.4) is 0 Å². The second kappa shape index (κ2) is 3.64. The molecular weight excluding hydrogens is 182 g/mol. The van der Waals surface area contributed by atoms with E-state index in [-0.39, 0.29) is 11.5 Å². The fourth-order valence-electron chi connectivity index (χ4n) is 2.75. The first-order chi connectivity index (χ1) is 7.04.